The Hall–Kier alpha value is -1.58. The van der Waals surface area contributed by atoms with Crippen LogP contribution in [0.5, 0.6) is 0 Å². The molecule has 1 N–H and O–H groups in total. The Labute approximate surface area is 129 Å². The van der Waals surface area contributed by atoms with Gasteiger partial charge in [0.2, 0.25) is 0 Å². The smallest absolute Gasteiger partial charge is 0.137 e. The molecule has 1 atom stereocenters. The first-order valence-corrected chi connectivity index (χ1v) is 8.40. The third-order valence-electron chi connectivity index (χ3n) is 3.85. The summed E-state index contributed by atoms with van der Waals surface area (Å²) in [6.45, 7) is 7.43. The topological polar surface area (TPSA) is 25.2 Å². The van der Waals surface area contributed by atoms with E-state index >= 15 is 0 Å². The molecule has 3 aromatic rings. The summed E-state index contributed by atoms with van der Waals surface area (Å²) in [7, 11) is 0. The molecule has 21 heavy (non-hydrogen) atoms. The lowest BCUT2D eigenvalue weighted by atomic mass is 10.0. The Morgan fingerprint density at radius 2 is 2.05 bits per heavy atom. The summed E-state index contributed by atoms with van der Waals surface area (Å²) in [5.41, 5.74) is 4.84. The predicted molar refractivity (Wildman–Crippen MR) is 90.1 cm³/mol. The predicted octanol–water partition coefficient (Wildman–Crippen LogP) is 5.20. The van der Waals surface area contributed by atoms with Gasteiger partial charge in [0, 0.05) is 5.39 Å². The van der Waals surface area contributed by atoms with Gasteiger partial charge in [-0.15, -0.1) is 0 Å². The molecule has 1 unspecified atom stereocenters. The summed E-state index contributed by atoms with van der Waals surface area (Å²) >= 11 is 1.75. The first-order valence-electron chi connectivity index (χ1n) is 7.46. The highest BCUT2D eigenvalue weighted by atomic mass is 32.1. The summed E-state index contributed by atoms with van der Waals surface area (Å²) < 4.78 is 6.18. The van der Waals surface area contributed by atoms with Crippen LogP contribution in [0.1, 0.15) is 41.8 Å². The van der Waals surface area contributed by atoms with E-state index in [2.05, 4.69) is 61.1 Å². The number of nitrogens with one attached hydrogen (secondary N) is 1. The van der Waals surface area contributed by atoms with Crippen LogP contribution in [0.3, 0.4) is 0 Å². The zero-order valence-corrected chi connectivity index (χ0v) is 13.6. The van der Waals surface area contributed by atoms with Crippen molar-refractivity contribution in [2.45, 2.75) is 33.2 Å². The molecule has 0 aliphatic heterocycles. The number of rotatable bonds is 5. The van der Waals surface area contributed by atoms with Crippen molar-refractivity contribution in [1.82, 2.24) is 5.32 Å². The van der Waals surface area contributed by atoms with Crippen molar-refractivity contribution < 1.29 is 4.42 Å². The van der Waals surface area contributed by atoms with Gasteiger partial charge in [0.1, 0.15) is 11.3 Å². The molecular weight excluding hydrogens is 278 g/mol. The standard InChI is InChI=1S/C18H21NOS/c1-4-8-19-17(15-11-21-10-13(15)3)16-9-14-7-5-6-12(2)18(14)20-16/h5-7,9-11,17,19H,4,8H2,1-3H3. The van der Waals surface area contributed by atoms with Crippen LogP contribution in [0, 0.1) is 13.8 Å². The van der Waals surface area contributed by atoms with Crippen molar-refractivity contribution >= 4 is 22.3 Å². The molecule has 0 aliphatic rings. The molecule has 110 valence electrons. The number of benzene rings is 1. The van der Waals surface area contributed by atoms with Gasteiger partial charge < -0.3 is 9.73 Å². The summed E-state index contributed by atoms with van der Waals surface area (Å²) in [5.74, 6) is 1.01. The number of fused-ring (bicyclic) bond motifs is 1. The summed E-state index contributed by atoms with van der Waals surface area (Å²) in [5, 5.41) is 9.23. The van der Waals surface area contributed by atoms with Crippen molar-refractivity contribution in [3.63, 3.8) is 0 Å². The molecule has 1 aromatic carbocycles. The molecule has 3 rings (SSSR count). The maximum absolute atomic E-state index is 6.18. The monoisotopic (exact) mass is 299 g/mol. The van der Waals surface area contributed by atoms with Crippen molar-refractivity contribution in [2.24, 2.45) is 0 Å². The van der Waals surface area contributed by atoms with E-state index in [1.54, 1.807) is 11.3 Å². The van der Waals surface area contributed by atoms with E-state index in [0.29, 0.717) is 0 Å². The Kier molecular flexibility index (Phi) is 4.13. The molecule has 0 spiro atoms. The van der Waals surface area contributed by atoms with Crippen LogP contribution in [-0.2, 0) is 0 Å². The highest BCUT2D eigenvalue weighted by Crippen LogP contribution is 2.32. The Morgan fingerprint density at radius 3 is 2.71 bits per heavy atom. The van der Waals surface area contributed by atoms with Crippen molar-refractivity contribution in [1.29, 1.82) is 0 Å². The average molecular weight is 299 g/mol. The highest BCUT2D eigenvalue weighted by molar-refractivity contribution is 7.08. The summed E-state index contributed by atoms with van der Waals surface area (Å²) in [6, 6.07) is 8.61. The lowest BCUT2D eigenvalue weighted by Crippen LogP contribution is -2.22. The molecular formula is C18H21NOS. The van der Waals surface area contributed by atoms with Gasteiger partial charge >= 0.3 is 0 Å². The Balaban J connectivity index is 2.05. The van der Waals surface area contributed by atoms with E-state index in [4.69, 9.17) is 4.42 Å². The van der Waals surface area contributed by atoms with Crippen LogP contribution in [0.2, 0.25) is 0 Å². The second kappa shape index (κ2) is 6.04. The van der Waals surface area contributed by atoms with Gasteiger partial charge in [-0.2, -0.15) is 11.3 Å². The van der Waals surface area contributed by atoms with Crippen LogP contribution >= 0.6 is 11.3 Å². The SMILES string of the molecule is CCCNC(c1cc2cccc(C)c2o1)c1cscc1C. The van der Waals surface area contributed by atoms with Gasteiger partial charge in [0.25, 0.3) is 0 Å². The number of furan rings is 1. The lowest BCUT2D eigenvalue weighted by molar-refractivity contribution is 0.468. The van der Waals surface area contributed by atoms with E-state index in [9.17, 15) is 0 Å². The normalized spacial score (nSPS) is 12.9. The fourth-order valence-corrected chi connectivity index (χ4v) is 3.57. The molecule has 0 amide bonds. The molecule has 0 fully saturated rings. The molecule has 0 radical (unpaired) electrons. The minimum absolute atomic E-state index is 0.142. The highest BCUT2D eigenvalue weighted by Gasteiger charge is 2.20. The zero-order valence-electron chi connectivity index (χ0n) is 12.8. The Morgan fingerprint density at radius 1 is 1.19 bits per heavy atom. The van der Waals surface area contributed by atoms with Crippen LogP contribution < -0.4 is 5.32 Å². The minimum Gasteiger partial charge on any atom is -0.459 e. The fraction of sp³-hybridized carbons (Fsp3) is 0.333. The largest absolute Gasteiger partial charge is 0.459 e. The van der Waals surface area contributed by atoms with E-state index in [-0.39, 0.29) is 6.04 Å². The van der Waals surface area contributed by atoms with Gasteiger partial charge in [0.05, 0.1) is 6.04 Å². The maximum atomic E-state index is 6.18. The van der Waals surface area contributed by atoms with Crippen LogP contribution in [0.25, 0.3) is 11.0 Å². The zero-order chi connectivity index (χ0) is 14.8. The third kappa shape index (κ3) is 2.76. The number of para-hydroxylation sites is 1. The minimum atomic E-state index is 0.142. The van der Waals surface area contributed by atoms with E-state index < -0.39 is 0 Å². The molecule has 0 aliphatic carbocycles. The quantitative estimate of drug-likeness (QED) is 0.700. The van der Waals surface area contributed by atoms with Crippen LogP contribution in [0.15, 0.2) is 39.4 Å². The van der Waals surface area contributed by atoms with E-state index in [0.717, 1.165) is 24.3 Å². The molecule has 0 saturated carbocycles. The second-order valence-electron chi connectivity index (χ2n) is 5.54. The lowest BCUT2D eigenvalue weighted by Gasteiger charge is -2.16. The van der Waals surface area contributed by atoms with Gasteiger partial charge in [-0.1, -0.05) is 25.1 Å². The fourth-order valence-electron chi connectivity index (χ4n) is 2.69. The molecule has 2 aromatic heterocycles. The maximum Gasteiger partial charge on any atom is 0.137 e. The van der Waals surface area contributed by atoms with Crippen molar-refractivity contribution in [3.8, 4) is 0 Å². The third-order valence-corrected chi connectivity index (χ3v) is 4.73. The van der Waals surface area contributed by atoms with Crippen LogP contribution in [-0.4, -0.2) is 6.54 Å². The number of hydrogen-bond donors (Lipinski definition) is 1. The van der Waals surface area contributed by atoms with Gasteiger partial charge in [0.15, 0.2) is 0 Å². The second-order valence-corrected chi connectivity index (χ2v) is 6.28. The molecule has 3 heteroatoms. The first-order chi connectivity index (χ1) is 10.2. The first kappa shape index (κ1) is 14.4. The van der Waals surface area contributed by atoms with E-state index in [1.165, 1.54) is 22.1 Å². The number of thiophene rings is 1. The van der Waals surface area contributed by atoms with Crippen LogP contribution in [0.4, 0.5) is 0 Å². The van der Waals surface area contributed by atoms with Gasteiger partial charge in [-0.05, 0) is 60.3 Å². The molecule has 2 nitrogen and oxygen atoms in total. The van der Waals surface area contributed by atoms with Crippen molar-refractivity contribution in [3.05, 3.63) is 57.5 Å². The summed E-state index contributed by atoms with van der Waals surface area (Å²) in [6.07, 6.45) is 1.11. The molecule has 0 bridgehead atoms. The van der Waals surface area contributed by atoms with Crippen molar-refractivity contribution in [2.75, 3.05) is 6.54 Å². The average Bonchev–Trinajstić information content (AvgIpc) is 3.07. The molecule has 2 heterocycles. The summed E-state index contributed by atoms with van der Waals surface area (Å²) in [4.78, 5) is 0. The van der Waals surface area contributed by atoms with E-state index in [1.807, 2.05) is 0 Å². The number of hydrogen-bond acceptors (Lipinski definition) is 3. The number of aryl methyl sites for hydroxylation is 2. The van der Waals surface area contributed by atoms with Gasteiger partial charge in [-0.25, -0.2) is 0 Å². The van der Waals surface area contributed by atoms with Gasteiger partial charge in [-0.3, -0.25) is 0 Å². The Bertz CT molecular complexity index is 741. The molecule has 0 saturated heterocycles.